The first-order valence-corrected chi connectivity index (χ1v) is 9.50. The lowest BCUT2D eigenvalue weighted by Gasteiger charge is -2.14. The van der Waals surface area contributed by atoms with Gasteiger partial charge in [0.25, 0.3) is 0 Å². The maximum Gasteiger partial charge on any atom is 0.407 e. The number of ether oxygens (including phenoxy) is 1. The third-order valence-electron chi connectivity index (χ3n) is 5.03. The zero-order valence-corrected chi connectivity index (χ0v) is 16.0. The molecule has 3 aromatic carbocycles. The number of rotatable bonds is 4. The Labute approximate surface area is 173 Å². The molecule has 0 fully saturated rings. The summed E-state index contributed by atoms with van der Waals surface area (Å²) in [5.74, 6) is 4.90. The van der Waals surface area contributed by atoms with Crippen molar-refractivity contribution in [2.45, 2.75) is 5.92 Å². The van der Waals surface area contributed by atoms with E-state index in [1.54, 1.807) is 0 Å². The Bertz CT molecular complexity index is 1130. The summed E-state index contributed by atoms with van der Waals surface area (Å²) in [6, 6.07) is 20.0. The van der Waals surface area contributed by atoms with Gasteiger partial charge in [-0.1, -0.05) is 60.4 Å². The van der Waals surface area contributed by atoms with Gasteiger partial charge in [-0.15, -0.1) is 0 Å². The number of aldehydes is 1. The molecule has 3 aromatic rings. The molecule has 5 heteroatoms. The van der Waals surface area contributed by atoms with Crippen LogP contribution in [-0.4, -0.2) is 25.5 Å². The largest absolute Gasteiger partial charge is 0.449 e. The van der Waals surface area contributed by atoms with E-state index in [0.717, 1.165) is 22.3 Å². The minimum Gasteiger partial charge on any atom is -0.449 e. The maximum absolute atomic E-state index is 13.3. The number of fused-ring (bicyclic) bond motifs is 3. The highest BCUT2D eigenvalue weighted by Gasteiger charge is 2.28. The first kappa shape index (κ1) is 19.4. The molecule has 30 heavy (non-hydrogen) atoms. The number of alkyl carbamates (subject to hydrolysis) is 1. The molecule has 148 valence electrons. The predicted octanol–water partition coefficient (Wildman–Crippen LogP) is 4.53. The number of benzene rings is 3. The molecule has 0 heterocycles. The van der Waals surface area contributed by atoms with Crippen LogP contribution in [0.1, 0.15) is 33.0 Å². The lowest BCUT2D eigenvalue weighted by molar-refractivity contribution is 0.112. The van der Waals surface area contributed by atoms with Crippen LogP contribution in [0, 0.1) is 17.7 Å². The van der Waals surface area contributed by atoms with E-state index in [1.807, 2.05) is 24.3 Å². The highest BCUT2D eigenvalue weighted by atomic mass is 19.1. The first-order valence-electron chi connectivity index (χ1n) is 9.50. The molecule has 0 spiro atoms. The van der Waals surface area contributed by atoms with E-state index < -0.39 is 11.9 Å². The van der Waals surface area contributed by atoms with Crippen molar-refractivity contribution >= 4 is 12.4 Å². The third kappa shape index (κ3) is 3.94. The van der Waals surface area contributed by atoms with Crippen LogP contribution in [0.4, 0.5) is 9.18 Å². The van der Waals surface area contributed by atoms with Crippen LogP contribution in [0.5, 0.6) is 0 Å². The van der Waals surface area contributed by atoms with Gasteiger partial charge in [0.15, 0.2) is 6.29 Å². The van der Waals surface area contributed by atoms with Crippen LogP contribution < -0.4 is 5.32 Å². The van der Waals surface area contributed by atoms with Crippen LogP contribution in [0.3, 0.4) is 0 Å². The second-order valence-electron chi connectivity index (χ2n) is 6.83. The monoisotopic (exact) mass is 399 g/mol. The zero-order chi connectivity index (χ0) is 20.9. The molecule has 4 rings (SSSR count). The van der Waals surface area contributed by atoms with Crippen LogP contribution in [0.2, 0.25) is 0 Å². The van der Waals surface area contributed by atoms with E-state index >= 15 is 0 Å². The minimum atomic E-state index is -0.582. The summed E-state index contributed by atoms with van der Waals surface area (Å²) < 4.78 is 18.7. The molecule has 1 aliphatic carbocycles. The molecule has 0 saturated carbocycles. The Morgan fingerprint density at radius 3 is 2.37 bits per heavy atom. The number of amides is 1. The number of hydrogen-bond donors (Lipinski definition) is 1. The van der Waals surface area contributed by atoms with Crippen molar-refractivity contribution in [3.8, 4) is 23.0 Å². The lowest BCUT2D eigenvalue weighted by Crippen LogP contribution is -2.26. The molecule has 0 saturated heterocycles. The van der Waals surface area contributed by atoms with Crippen LogP contribution in [0.15, 0.2) is 66.7 Å². The molecule has 1 N–H and O–H groups in total. The molecule has 0 radical (unpaired) electrons. The molecule has 0 unspecified atom stereocenters. The fourth-order valence-corrected chi connectivity index (χ4v) is 3.64. The Kier molecular flexibility index (Phi) is 5.58. The van der Waals surface area contributed by atoms with Crippen molar-refractivity contribution in [2.24, 2.45) is 0 Å². The Morgan fingerprint density at radius 2 is 1.70 bits per heavy atom. The minimum absolute atomic E-state index is 0.0170. The van der Waals surface area contributed by atoms with Gasteiger partial charge in [0.05, 0.1) is 6.54 Å². The van der Waals surface area contributed by atoms with Gasteiger partial charge in [-0.3, -0.25) is 4.79 Å². The number of carbonyl (C=O) groups is 2. The Balaban J connectivity index is 1.37. The average molecular weight is 399 g/mol. The highest BCUT2D eigenvalue weighted by molar-refractivity contribution is 5.80. The van der Waals surface area contributed by atoms with Gasteiger partial charge in [0.1, 0.15) is 12.4 Å². The van der Waals surface area contributed by atoms with Crippen molar-refractivity contribution in [3.05, 3.63) is 94.8 Å². The van der Waals surface area contributed by atoms with Gasteiger partial charge in [-0.25, -0.2) is 9.18 Å². The standard InChI is InChI=1S/C25H18FNO3/c26-19-12-11-18(15-28)17(14-19)6-5-13-27-25(29)30-16-24-22-9-3-1-7-20(22)21-8-2-4-10-23(21)24/h1-4,7-12,14-15,24H,13,16H2,(H,27,29). The van der Waals surface area contributed by atoms with Gasteiger partial charge in [-0.2, -0.15) is 0 Å². The van der Waals surface area contributed by atoms with Crippen molar-refractivity contribution < 1.29 is 18.7 Å². The molecule has 0 aromatic heterocycles. The molecular formula is C25H18FNO3. The summed E-state index contributed by atoms with van der Waals surface area (Å²) >= 11 is 0. The number of carbonyl (C=O) groups excluding carboxylic acids is 2. The van der Waals surface area contributed by atoms with Crippen LogP contribution in [-0.2, 0) is 4.74 Å². The van der Waals surface area contributed by atoms with E-state index in [4.69, 9.17) is 4.74 Å². The fraction of sp³-hybridized carbons (Fsp3) is 0.120. The molecule has 0 bridgehead atoms. The fourth-order valence-electron chi connectivity index (χ4n) is 3.64. The third-order valence-corrected chi connectivity index (χ3v) is 5.03. The van der Waals surface area contributed by atoms with E-state index in [1.165, 1.54) is 18.2 Å². The van der Waals surface area contributed by atoms with Gasteiger partial charge in [0.2, 0.25) is 0 Å². The molecule has 1 amide bonds. The number of hydrogen-bond acceptors (Lipinski definition) is 3. The van der Waals surface area contributed by atoms with Crippen molar-refractivity contribution in [2.75, 3.05) is 13.2 Å². The SMILES string of the molecule is O=Cc1ccc(F)cc1C#CCNC(=O)OCC1c2ccccc2-c2ccccc21. The summed E-state index contributed by atoms with van der Waals surface area (Å²) in [6.45, 7) is 0.234. The number of nitrogens with one attached hydrogen (secondary N) is 1. The van der Waals surface area contributed by atoms with E-state index in [2.05, 4.69) is 41.4 Å². The normalized spacial score (nSPS) is 11.6. The van der Waals surface area contributed by atoms with Crippen molar-refractivity contribution in [1.82, 2.24) is 5.32 Å². The molecule has 4 nitrogen and oxygen atoms in total. The van der Waals surface area contributed by atoms with Gasteiger partial charge in [0, 0.05) is 17.0 Å². The average Bonchev–Trinajstić information content (AvgIpc) is 3.09. The van der Waals surface area contributed by atoms with Crippen LogP contribution >= 0.6 is 0 Å². The summed E-state index contributed by atoms with van der Waals surface area (Å²) in [7, 11) is 0. The summed E-state index contributed by atoms with van der Waals surface area (Å²) in [5, 5.41) is 2.56. The quantitative estimate of drug-likeness (QED) is 0.518. The van der Waals surface area contributed by atoms with E-state index in [-0.39, 0.29) is 24.6 Å². The first-order chi connectivity index (χ1) is 14.7. The second-order valence-corrected chi connectivity index (χ2v) is 6.83. The van der Waals surface area contributed by atoms with Crippen molar-refractivity contribution in [3.63, 3.8) is 0 Å². The lowest BCUT2D eigenvalue weighted by atomic mass is 9.98. The van der Waals surface area contributed by atoms with Gasteiger partial charge < -0.3 is 10.1 Å². The summed E-state index contributed by atoms with van der Waals surface area (Å²) in [6.07, 6.45) is 0.0311. The topological polar surface area (TPSA) is 55.4 Å². The molecule has 0 atom stereocenters. The van der Waals surface area contributed by atoms with Crippen LogP contribution in [0.25, 0.3) is 11.1 Å². The summed E-state index contributed by atoms with van der Waals surface area (Å²) in [5.41, 5.74) is 5.17. The Morgan fingerprint density at radius 1 is 1.03 bits per heavy atom. The van der Waals surface area contributed by atoms with Crippen molar-refractivity contribution in [1.29, 1.82) is 0 Å². The molecular weight excluding hydrogens is 381 g/mol. The number of halogens is 1. The van der Waals surface area contributed by atoms with Gasteiger partial charge >= 0.3 is 6.09 Å². The summed E-state index contributed by atoms with van der Waals surface area (Å²) in [4.78, 5) is 23.1. The van der Waals surface area contributed by atoms with E-state index in [9.17, 15) is 14.0 Å². The highest BCUT2D eigenvalue weighted by Crippen LogP contribution is 2.44. The van der Waals surface area contributed by atoms with Gasteiger partial charge in [-0.05, 0) is 40.5 Å². The molecule has 1 aliphatic rings. The zero-order valence-electron chi connectivity index (χ0n) is 16.0. The Hall–Kier alpha value is -3.91. The predicted molar refractivity (Wildman–Crippen MR) is 112 cm³/mol. The van der Waals surface area contributed by atoms with E-state index in [0.29, 0.717) is 11.8 Å². The molecule has 0 aliphatic heterocycles. The smallest absolute Gasteiger partial charge is 0.407 e. The maximum atomic E-state index is 13.3. The second kappa shape index (κ2) is 8.62.